The zero-order valence-electron chi connectivity index (χ0n) is 12.4. The summed E-state index contributed by atoms with van der Waals surface area (Å²) in [5, 5.41) is 12.7. The van der Waals surface area contributed by atoms with E-state index < -0.39 is 11.5 Å². The molecular weight excluding hydrogens is 314 g/mol. The molecule has 23 heavy (non-hydrogen) atoms. The minimum Gasteiger partial charge on any atom is -0.392 e. The number of benzene rings is 1. The molecule has 0 atom stereocenters. The number of hydrogen-bond acceptors (Lipinski definition) is 5. The lowest BCUT2D eigenvalue weighted by Crippen LogP contribution is -2.36. The highest BCUT2D eigenvalue weighted by molar-refractivity contribution is 7.13. The minimum atomic E-state index is -0.507. The maximum Gasteiger partial charge on any atom is 0.266 e. The first-order chi connectivity index (χ1) is 11.2. The fourth-order valence-corrected chi connectivity index (χ4v) is 3.26. The molecule has 3 rings (SSSR count). The first kappa shape index (κ1) is 15.4. The van der Waals surface area contributed by atoms with Crippen molar-refractivity contribution < 1.29 is 9.90 Å². The molecule has 6 nitrogen and oxygen atoms in total. The number of H-pyrrole nitrogens is 1. The van der Waals surface area contributed by atoms with Gasteiger partial charge in [0.2, 0.25) is 0 Å². The Morgan fingerprint density at radius 3 is 2.83 bits per heavy atom. The average Bonchev–Trinajstić information content (AvgIpc) is 3.08. The van der Waals surface area contributed by atoms with Gasteiger partial charge in [0.15, 0.2) is 5.13 Å². The van der Waals surface area contributed by atoms with E-state index in [1.165, 1.54) is 16.2 Å². The zero-order valence-corrected chi connectivity index (χ0v) is 13.3. The maximum atomic E-state index is 12.9. The first-order valence-electron chi connectivity index (χ1n) is 7.13. The Hall–Kier alpha value is -2.51. The summed E-state index contributed by atoms with van der Waals surface area (Å²) in [6.45, 7) is 1.80. The summed E-state index contributed by atoms with van der Waals surface area (Å²) in [7, 11) is 0. The standard InChI is InChI=1S/C16H15N3O3S/c1-2-19(16-17-7-8-23-16)15(22)13-11(9-20)10-5-3-4-6-12(10)18-14(13)21/h3-8,20H,2,9H2,1H3,(H,18,21). The Bertz CT molecular complexity index is 903. The van der Waals surface area contributed by atoms with Crippen LogP contribution in [0.25, 0.3) is 10.9 Å². The number of anilines is 1. The van der Waals surface area contributed by atoms with Gasteiger partial charge < -0.3 is 10.1 Å². The Morgan fingerprint density at radius 2 is 2.17 bits per heavy atom. The van der Waals surface area contributed by atoms with Crippen molar-refractivity contribution in [2.45, 2.75) is 13.5 Å². The highest BCUT2D eigenvalue weighted by atomic mass is 32.1. The molecule has 0 spiro atoms. The van der Waals surface area contributed by atoms with Gasteiger partial charge in [-0.2, -0.15) is 0 Å². The van der Waals surface area contributed by atoms with E-state index in [1.54, 1.807) is 35.8 Å². The van der Waals surface area contributed by atoms with Gasteiger partial charge in [-0.3, -0.25) is 14.5 Å². The smallest absolute Gasteiger partial charge is 0.266 e. The highest BCUT2D eigenvalue weighted by Gasteiger charge is 2.25. The molecule has 118 valence electrons. The fourth-order valence-electron chi connectivity index (χ4n) is 2.55. The van der Waals surface area contributed by atoms with E-state index in [4.69, 9.17) is 0 Å². The summed E-state index contributed by atoms with van der Waals surface area (Å²) >= 11 is 1.32. The summed E-state index contributed by atoms with van der Waals surface area (Å²) < 4.78 is 0. The molecule has 2 aromatic heterocycles. The molecule has 3 aromatic rings. The molecule has 0 fully saturated rings. The molecule has 0 aliphatic carbocycles. The van der Waals surface area contributed by atoms with Gasteiger partial charge in [0.25, 0.3) is 11.5 Å². The second-order valence-corrected chi connectivity index (χ2v) is 5.75. The predicted octanol–water partition coefficient (Wildman–Crippen LogP) is 2.14. The van der Waals surface area contributed by atoms with Gasteiger partial charge in [-0.1, -0.05) is 18.2 Å². The number of carbonyl (C=O) groups excluding carboxylic acids is 1. The summed E-state index contributed by atoms with van der Waals surface area (Å²) in [5.41, 5.74) is 0.385. The molecule has 1 aromatic carbocycles. The van der Waals surface area contributed by atoms with Crippen molar-refractivity contribution in [3.8, 4) is 0 Å². The van der Waals surface area contributed by atoms with Crippen LogP contribution in [-0.2, 0) is 6.61 Å². The van der Waals surface area contributed by atoms with Gasteiger partial charge >= 0.3 is 0 Å². The van der Waals surface area contributed by atoms with Crippen LogP contribution in [0, 0.1) is 0 Å². The number of aliphatic hydroxyl groups excluding tert-OH is 1. The second-order valence-electron chi connectivity index (χ2n) is 4.88. The number of pyridine rings is 1. The number of nitrogens with one attached hydrogen (secondary N) is 1. The molecule has 0 saturated heterocycles. The number of aromatic nitrogens is 2. The van der Waals surface area contributed by atoms with Crippen LogP contribution in [0.1, 0.15) is 22.8 Å². The Morgan fingerprint density at radius 1 is 1.39 bits per heavy atom. The molecule has 7 heteroatoms. The molecule has 2 heterocycles. The van der Waals surface area contributed by atoms with Gasteiger partial charge in [-0.15, -0.1) is 11.3 Å². The molecule has 0 unspecified atom stereocenters. The van der Waals surface area contributed by atoms with Crippen molar-refractivity contribution in [3.05, 3.63) is 57.3 Å². The van der Waals surface area contributed by atoms with E-state index in [0.717, 1.165) is 0 Å². The first-order valence-corrected chi connectivity index (χ1v) is 8.01. The van der Waals surface area contributed by atoms with Crippen molar-refractivity contribution in [2.75, 3.05) is 11.4 Å². The second kappa shape index (κ2) is 6.31. The van der Waals surface area contributed by atoms with Gasteiger partial charge in [-0.25, -0.2) is 4.98 Å². The van der Waals surface area contributed by atoms with Crippen molar-refractivity contribution in [3.63, 3.8) is 0 Å². The van der Waals surface area contributed by atoms with Gasteiger partial charge in [-0.05, 0) is 13.0 Å². The lowest BCUT2D eigenvalue weighted by atomic mass is 10.0. The normalized spacial score (nSPS) is 10.9. The minimum absolute atomic E-state index is 0.0387. The van der Waals surface area contributed by atoms with Crippen molar-refractivity contribution in [1.82, 2.24) is 9.97 Å². The molecule has 0 aliphatic heterocycles. The van der Waals surface area contributed by atoms with E-state index in [9.17, 15) is 14.7 Å². The average molecular weight is 329 g/mol. The third kappa shape index (κ3) is 2.64. The number of rotatable bonds is 4. The molecule has 1 amide bonds. The van der Waals surface area contributed by atoms with Crippen LogP contribution in [0.15, 0.2) is 40.6 Å². The number of para-hydroxylation sites is 1. The highest BCUT2D eigenvalue weighted by Crippen LogP contribution is 2.23. The number of carbonyl (C=O) groups is 1. The molecular formula is C16H15N3O3S. The van der Waals surface area contributed by atoms with Crippen LogP contribution in [0.5, 0.6) is 0 Å². The number of hydrogen-bond donors (Lipinski definition) is 2. The topological polar surface area (TPSA) is 86.3 Å². The van der Waals surface area contributed by atoms with E-state index >= 15 is 0 Å². The number of aromatic amines is 1. The molecule has 0 radical (unpaired) electrons. The van der Waals surface area contributed by atoms with Crippen LogP contribution < -0.4 is 10.5 Å². The van der Waals surface area contributed by atoms with Crippen LogP contribution in [0.3, 0.4) is 0 Å². The van der Waals surface area contributed by atoms with Crippen molar-refractivity contribution in [1.29, 1.82) is 0 Å². The third-order valence-corrected chi connectivity index (χ3v) is 4.41. The summed E-state index contributed by atoms with van der Waals surface area (Å²) in [5.74, 6) is -0.460. The Kier molecular flexibility index (Phi) is 4.22. The summed E-state index contributed by atoms with van der Waals surface area (Å²) in [4.78, 5) is 33.6. The number of fused-ring (bicyclic) bond motifs is 1. The van der Waals surface area contributed by atoms with E-state index in [2.05, 4.69) is 9.97 Å². The van der Waals surface area contributed by atoms with Crippen molar-refractivity contribution >= 4 is 33.3 Å². The maximum absolute atomic E-state index is 12.9. The SMILES string of the molecule is CCN(C(=O)c1c(CO)c2ccccc2[nH]c1=O)c1nccs1. The number of amides is 1. The van der Waals surface area contributed by atoms with E-state index in [0.29, 0.717) is 28.1 Å². The fraction of sp³-hybridized carbons (Fsp3) is 0.188. The molecule has 0 saturated carbocycles. The Balaban J connectivity index is 2.21. The molecule has 2 N–H and O–H groups in total. The summed E-state index contributed by atoms with van der Waals surface area (Å²) in [6.07, 6.45) is 1.60. The van der Waals surface area contributed by atoms with Crippen LogP contribution >= 0.6 is 11.3 Å². The van der Waals surface area contributed by atoms with Crippen molar-refractivity contribution in [2.24, 2.45) is 0 Å². The van der Waals surface area contributed by atoms with Crippen LogP contribution in [-0.4, -0.2) is 27.5 Å². The van der Waals surface area contributed by atoms with E-state index in [1.807, 2.05) is 6.92 Å². The largest absolute Gasteiger partial charge is 0.392 e. The monoisotopic (exact) mass is 329 g/mol. The number of nitrogens with zero attached hydrogens (tertiary/aromatic N) is 2. The third-order valence-electron chi connectivity index (χ3n) is 3.61. The van der Waals surface area contributed by atoms with Crippen LogP contribution in [0.2, 0.25) is 0 Å². The Labute approximate surface area is 136 Å². The number of thiazole rings is 1. The lowest BCUT2D eigenvalue weighted by Gasteiger charge is -2.19. The van der Waals surface area contributed by atoms with Gasteiger partial charge in [0, 0.05) is 34.6 Å². The quantitative estimate of drug-likeness (QED) is 0.768. The van der Waals surface area contributed by atoms with Gasteiger partial charge in [0.05, 0.1) is 6.61 Å². The summed E-state index contributed by atoms with van der Waals surface area (Å²) in [6, 6.07) is 7.09. The van der Waals surface area contributed by atoms with E-state index in [-0.39, 0.29) is 12.2 Å². The predicted molar refractivity (Wildman–Crippen MR) is 90.0 cm³/mol. The molecule has 0 bridgehead atoms. The zero-order chi connectivity index (χ0) is 16.4. The molecule has 0 aliphatic rings. The number of aliphatic hydroxyl groups is 1. The van der Waals surface area contributed by atoms with Gasteiger partial charge in [0.1, 0.15) is 5.56 Å². The van der Waals surface area contributed by atoms with Crippen LogP contribution in [0.4, 0.5) is 5.13 Å². The lowest BCUT2D eigenvalue weighted by molar-refractivity contribution is 0.0984.